The van der Waals surface area contributed by atoms with E-state index in [0.29, 0.717) is 23.3 Å². The number of benzene rings is 1. The van der Waals surface area contributed by atoms with Crippen molar-refractivity contribution >= 4 is 11.6 Å². The van der Waals surface area contributed by atoms with E-state index in [1.165, 1.54) is 6.07 Å². The van der Waals surface area contributed by atoms with Crippen LogP contribution in [0.15, 0.2) is 48.6 Å². The van der Waals surface area contributed by atoms with Gasteiger partial charge < -0.3 is 10.6 Å². The number of alkyl halides is 3. The molecule has 0 fully saturated rings. The minimum atomic E-state index is -4.48. The van der Waals surface area contributed by atoms with Gasteiger partial charge in [0.1, 0.15) is 6.54 Å². The molecule has 0 saturated heterocycles. The Hall–Kier alpha value is -2.08. The predicted molar refractivity (Wildman–Crippen MR) is 86.2 cm³/mol. The van der Waals surface area contributed by atoms with Gasteiger partial charge in [0.15, 0.2) is 0 Å². The average molecular weight is 326 g/mol. The van der Waals surface area contributed by atoms with E-state index in [1.807, 2.05) is 31.2 Å². The number of carbonyl (C=O) groups is 1. The SMILES string of the molecule is C/C=C\C=C/CCc1ccccc1N(CC(F)(F)F)C(=O)CN. The van der Waals surface area contributed by atoms with Crippen molar-refractivity contribution in [3.63, 3.8) is 0 Å². The van der Waals surface area contributed by atoms with E-state index in [1.54, 1.807) is 18.2 Å². The molecule has 0 spiro atoms. The number of amides is 1. The lowest BCUT2D eigenvalue weighted by Gasteiger charge is -2.25. The summed E-state index contributed by atoms with van der Waals surface area (Å²) in [5.41, 5.74) is 6.20. The van der Waals surface area contributed by atoms with Crippen LogP contribution < -0.4 is 10.6 Å². The van der Waals surface area contributed by atoms with E-state index in [2.05, 4.69) is 0 Å². The van der Waals surface area contributed by atoms with Crippen LogP contribution in [0.25, 0.3) is 0 Å². The molecule has 1 amide bonds. The summed E-state index contributed by atoms with van der Waals surface area (Å²) in [5, 5.41) is 0. The molecule has 6 heteroatoms. The number of carbonyl (C=O) groups excluding carboxylic acids is 1. The molecule has 0 aromatic heterocycles. The Morgan fingerprint density at radius 3 is 2.57 bits per heavy atom. The van der Waals surface area contributed by atoms with Crippen LogP contribution in [0.1, 0.15) is 18.9 Å². The second kappa shape index (κ2) is 9.15. The van der Waals surface area contributed by atoms with Crippen LogP contribution in [-0.2, 0) is 11.2 Å². The fourth-order valence-electron chi connectivity index (χ4n) is 2.11. The molecule has 0 aliphatic carbocycles. The third-order valence-corrected chi connectivity index (χ3v) is 3.12. The molecular weight excluding hydrogens is 305 g/mol. The van der Waals surface area contributed by atoms with Gasteiger partial charge in [-0.3, -0.25) is 4.79 Å². The number of anilines is 1. The first-order valence-electron chi connectivity index (χ1n) is 7.32. The average Bonchev–Trinajstić information content (AvgIpc) is 2.51. The van der Waals surface area contributed by atoms with Gasteiger partial charge >= 0.3 is 6.18 Å². The Kier molecular flexibility index (Phi) is 7.54. The van der Waals surface area contributed by atoms with E-state index < -0.39 is 25.2 Å². The summed E-state index contributed by atoms with van der Waals surface area (Å²) in [6.45, 7) is 0.0904. The zero-order valence-corrected chi connectivity index (χ0v) is 13.0. The molecule has 23 heavy (non-hydrogen) atoms. The minimum absolute atomic E-state index is 0.264. The van der Waals surface area contributed by atoms with Crippen LogP contribution in [0, 0.1) is 0 Å². The molecule has 126 valence electrons. The van der Waals surface area contributed by atoms with Crippen LogP contribution in [0.3, 0.4) is 0 Å². The summed E-state index contributed by atoms with van der Waals surface area (Å²) in [6, 6.07) is 6.60. The standard InChI is InChI=1S/C17H21F3N2O/c1-2-3-4-5-6-9-14-10-7-8-11-15(14)22(16(23)12-21)13-17(18,19)20/h2-5,7-8,10-11H,6,9,12-13,21H2,1H3/b3-2-,5-4-. The number of allylic oxidation sites excluding steroid dienone is 4. The van der Waals surface area contributed by atoms with Crippen LogP contribution in [-0.4, -0.2) is 25.2 Å². The summed E-state index contributed by atoms with van der Waals surface area (Å²) >= 11 is 0. The molecule has 0 aliphatic heterocycles. The van der Waals surface area contributed by atoms with Crippen molar-refractivity contribution in [3.8, 4) is 0 Å². The van der Waals surface area contributed by atoms with Crippen molar-refractivity contribution in [2.24, 2.45) is 5.73 Å². The van der Waals surface area contributed by atoms with Gasteiger partial charge in [-0.2, -0.15) is 13.2 Å². The molecule has 0 aliphatic rings. The quantitative estimate of drug-likeness (QED) is 0.778. The van der Waals surface area contributed by atoms with Crippen LogP contribution in [0.5, 0.6) is 0 Å². The Bertz CT molecular complexity index is 565. The first-order chi connectivity index (χ1) is 10.9. The number of nitrogens with two attached hydrogens (primary N) is 1. The van der Waals surface area contributed by atoms with Gasteiger partial charge in [-0.1, -0.05) is 42.5 Å². The van der Waals surface area contributed by atoms with E-state index in [-0.39, 0.29) is 5.69 Å². The lowest BCUT2D eigenvalue weighted by atomic mass is 10.1. The van der Waals surface area contributed by atoms with Crippen molar-refractivity contribution in [2.45, 2.75) is 25.9 Å². The van der Waals surface area contributed by atoms with Crippen molar-refractivity contribution in [3.05, 3.63) is 54.1 Å². The normalized spacial score (nSPS) is 12.2. The maximum atomic E-state index is 12.8. The van der Waals surface area contributed by atoms with Gasteiger partial charge in [-0.25, -0.2) is 0 Å². The molecule has 0 unspecified atom stereocenters. The van der Waals surface area contributed by atoms with Gasteiger partial charge in [0, 0.05) is 5.69 Å². The fourth-order valence-corrected chi connectivity index (χ4v) is 2.11. The number of hydrogen-bond donors (Lipinski definition) is 1. The molecule has 1 aromatic rings. The zero-order chi connectivity index (χ0) is 17.3. The topological polar surface area (TPSA) is 46.3 Å². The summed E-state index contributed by atoms with van der Waals surface area (Å²) in [7, 11) is 0. The van der Waals surface area contributed by atoms with E-state index in [0.717, 1.165) is 0 Å². The van der Waals surface area contributed by atoms with E-state index in [9.17, 15) is 18.0 Å². The molecule has 3 nitrogen and oxygen atoms in total. The molecule has 0 saturated carbocycles. The van der Waals surface area contributed by atoms with Gasteiger partial charge in [-0.15, -0.1) is 0 Å². The smallest absolute Gasteiger partial charge is 0.322 e. The monoisotopic (exact) mass is 326 g/mol. The van der Waals surface area contributed by atoms with Crippen molar-refractivity contribution in [1.82, 2.24) is 0 Å². The highest BCUT2D eigenvalue weighted by Gasteiger charge is 2.34. The summed E-state index contributed by atoms with van der Waals surface area (Å²) in [6.07, 6.45) is 4.28. The Morgan fingerprint density at radius 2 is 1.96 bits per heavy atom. The lowest BCUT2D eigenvalue weighted by molar-refractivity contribution is -0.131. The third-order valence-electron chi connectivity index (χ3n) is 3.12. The largest absolute Gasteiger partial charge is 0.406 e. The number of aryl methyl sites for hydroxylation is 1. The fraction of sp³-hybridized carbons (Fsp3) is 0.353. The second-order valence-corrected chi connectivity index (χ2v) is 4.92. The molecule has 0 bridgehead atoms. The predicted octanol–water partition coefficient (Wildman–Crippen LogP) is 3.61. The molecule has 0 atom stereocenters. The third kappa shape index (κ3) is 6.69. The van der Waals surface area contributed by atoms with Gasteiger partial charge in [-0.05, 0) is 31.4 Å². The molecular formula is C17H21F3N2O. The summed E-state index contributed by atoms with van der Waals surface area (Å²) in [4.78, 5) is 12.5. The number of para-hydroxylation sites is 1. The number of rotatable bonds is 7. The van der Waals surface area contributed by atoms with Gasteiger partial charge in [0.25, 0.3) is 0 Å². The minimum Gasteiger partial charge on any atom is -0.322 e. The highest BCUT2D eigenvalue weighted by molar-refractivity contribution is 5.95. The van der Waals surface area contributed by atoms with Gasteiger partial charge in [0.2, 0.25) is 5.91 Å². The number of nitrogens with zero attached hydrogens (tertiary/aromatic N) is 1. The first kappa shape index (κ1) is 19.0. The Morgan fingerprint density at radius 1 is 1.26 bits per heavy atom. The highest BCUT2D eigenvalue weighted by Crippen LogP contribution is 2.26. The number of halogens is 3. The van der Waals surface area contributed by atoms with Crippen molar-refractivity contribution in [1.29, 1.82) is 0 Å². The number of hydrogen-bond acceptors (Lipinski definition) is 2. The maximum absolute atomic E-state index is 12.8. The van der Waals surface area contributed by atoms with Crippen molar-refractivity contribution < 1.29 is 18.0 Å². The summed E-state index contributed by atoms with van der Waals surface area (Å²) in [5.74, 6) is -0.751. The zero-order valence-electron chi connectivity index (χ0n) is 13.0. The molecule has 0 heterocycles. The molecule has 0 radical (unpaired) electrons. The Labute approximate surface area is 134 Å². The van der Waals surface area contributed by atoms with Crippen LogP contribution >= 0.6 is 0 Å². The molecule has 2 N–H and O–H groups in total. The van der Waals surface area contributed by atoms with E-state index >= 15 is 0 Å². The van der Waals surface area contributed by atoms with Gasteiger partial charge in [0.05, 0.1) is 6.54 Å². The first-order valence-corrected chi connectivity index (χ1v) is 7.32. The maximum Gasteiger partial charge on any atom is 0.406 e. The highest BCUT2D eigenvalue weighted by atomic mass is 19.4. The molecule has 1 rings (SSSR count). The van der Waals surface area contributed by atoms with Crippen LogP contribution in [0.2, 0.25) is 0 Å². The second-order valence-electron chi connectivity index (χ2n) is 4.92. The van der Waals surface area contributed by atoms with Crippen molar-refractivity contribution in [2.75, 3.05) is 18.0 Å². The Balaban J connectivity index is 3.00. The molecule has 1 aromatic carbocycles. The van der Waals surface area contributed by atoms with E-state index in [4.69, 9.17) is 5.73 Å². The lowest BCUT2D eigenvalue weighted by Crippen LogP contribution is -2.42. The summed E-state index contributed by atoms with van der Waals surface area (Å²) < 4.78 is 38.3. The van der Waals surface area contributed by atoms with Crippen LogP contribution in [0.4, 0.5) is 18.9 Å².